The lowest BCUT2D eigenvalue weighted by atomic mass is 9.99. The lowest BCUT2D eigenvalue weighted by molar-refractivity contribution is 0.669. The number of para-hydroxylation sites is 3. The normalized spacial score (nSPS) is 12.5. The standard InChI is InChI=1S/C45H31NO/c1-3-5-14-29(4-2)33-20-12-22-39-40-23-13-21-34(45(40)47-44(33)39)31-25-26-38-37-19-10-11-24-41(37)46(43(38)28-31)42-27-30-15-6-7-16-32(30)35-17-8-9-18-36(35)42/h3-28H,2H2,1H3/b5-3-,29-14+. The Bertz CT molecular complexity index is 2770. The quantitative estimate of drug-likeness (QED) is 0.142. The van der Waals surface area contributed by atoms with Crippen molar-refractivity contribution >= 4 is 70.9 Å². The van der Waals surface area contributed by atoms with E-state index in [0.29, 0.717) is 0 Å². The van der Waals surface area contributed by atoms with Gasteiger partial charge in [-0.25, -0.2) is 0 Å². The molecule has 0 bridgehead atoms. The van der Waals surface area contributed by atoms with E-state index in [-0.39, 0.29) is 0 Å². The molecule has 0 aliphatic heterocycles. The number of hydrogen-bond donors (Lipinski definition) is 0. The van der Waals surface area contributed by atoms with Gasteiger partial charge in [-0.15, -0.1) is 0 Å². The molecule has 0 aliphatic rings. The second kappa shape index (κ2) is 10.8. The maximum absolute atomic E-state index is 6.80. The van der Waals surface area contributed by atoms with Gasteiger partial charge in [0.25, 0.3) is 0 Å². The highest BCUT2D eigenvalue weighted by molar-refractivity contribution is 6.17. The van der Waals surface area contributed by atoms with Crippen molar-refractivity contribution in [3.8, 4) is 16.8 Å². The summed E-state index contributed by atoms with van der Waals surface area (Å²) in [4.78, 5) is 0. The van der Waals surface area contributed by atoms with E-state index >= 15 is 0 Å². The minimum Gasteiger partial charge on any atom is -0.455 e. The number of aromatic nitrogens is 1. The number of furan rings is 1. The molecule has 0 N–H and O–H groups in total. The molecule has 0 amide bonds. The lowest BCUT2D eigenvalue weighted by Gasteiger charge is -2.14. The van der Waals surface area contributed by atoms with Crippen LogP contribution in [0.3, 0.4) is 0 Å². The fraction of sp³-hybridized carbons (Fsp3) is 0.0222. The Morgan fingerprint density at radius 3 is 2.11 bits per heavy atom. The van der Waals surface area contributed by atoms with Gasteiger partial charge in [0.1, 0.15) is 11.2 Å². The van der Waals surface area contributed by atoms with Crippen molar-refractivity contribution in [1.82, 2.24) is 4.57 Å². The van der Waals surface area contributed by atoms with Crippen LogP contribution in [0.1, 0.15) is 12.5 Å². The van der Waals surface area contributed by atoms with Crippen molar-refractivity contribution in [1.29, 1.82) is 0 Å². The van der Waals surface area contributed by atoms with Gasteiger partial charge in [0, 0.05) is 38.1 Å². The number of allylic oxidation sites excluding steroid dienone is 5. The molecule has 2 heteroatoms. The number of hydrogen-bond acceptors (Lipinski definition) is 1. The molecule has 222 valence electrons. The van der Waals surface area contributed by atoms with Gasteiger partial charge in [-0.05, 0) is 52.4 Å². The molecule has 0 saturated heterocycles. The summed E-state index contributed by atoms with van der Waals surface area (Å²) in [5, 5.41) is 9.66. The fourth-order valence-corrected chi connectivity index (χ4v) is 7.36. The summed E-state index contributed by atoms with van der Waals surface area (Å²) >= 11 is 0. The summed E-state index contributed by atoms with van der Waals surface area (Å²) in [6.07, 6.45) is 8.04. The van der Waals surface area contributed by atoms with Gasteiger partial charge in [-0.1, -0.05) is 146 Å². The first-order chi connectivity index (χ1) is 23.2. The average Bonchev–Trinajstić information content (AvgIpc) is 3.67. The van der Waals surface area contributed by atoms with Crippen LogP contribution in [0, 0.1) is 0 Å². The SMILES string of the molecule is C=C/C(=C\C=C/C)c1cccc2c1oc1c(-c3ccc4c5ccccc5n(-c5cc6ccccc6c6ccccc56)c4c3)cccc12. The summed E-state index contributed by atoms with van der Waals surface area (Å²) in [7, 11) is 0. The monoisotopic (exact) mass is 601 g/mol. The predicted molar refractivity (Wildman–Crippen MR) is 201 cm³/mol. The highest BCUT2D eigenvalue weighted by Gasteiger charge is 2.19. The Morgan fingerprint density at radius 2 is 1.28 bits per heavy atom. The molecule has 9 aromatic rings. The van der Waals surface area contributed by atoms with Crippen molar-refractivity contribution < 1.29 is 4.42 Å². The number of benzene rings is 7. The zero-order valence-corrected chi connectivity index (χ0v) is 26.1. The first-order valence-corrected chi connectivity index (χ1v) is 16.1. The molecule has 2 nitrogen and oxygen atoms in total. The third kappa shape index (κ3) is 4.12. The Hall–Kier alpha value is -6.12. The smallest absolute Gasteiger partial charge is 0.143 e. The van der Waals surface area contributed by atoms with E-state index < -0.39 is 0 Å². The molecule has 7 aromatic carbocycles. The van der Waals surface area contributed by atoms with Crippen LogP contribution in [0.2, 0.25) is 0 Å². The van der Waals surface area contributed by atoms with E-state index in [9.17, 15) is 0 Å². The maximum Gasteiger partial charge on any atom is 0.143 e. The number of fused-ring (bicyclic) bond motifs is 9. The van der Waals surface area contributed by atoms with E-state index in [4.69, 9.17) is 4.42 Å². The molecule has 0 radical (unpaired) electrons. The maximum atomic E-state index is 6.80. The van der Waals surface area contributed by atoms with Gasteiger partial charge in [0.05, 0.1) is 16.7 Å². The van der Waals surface area contributed by atoms with Crippen LogP contribution in [0.25, 0.3) is 87.7 Å². The molecule has 0 unspecified atom stereocenters. The van der Waals surface area contributed by atoms with Gasteiger partial charge in [0.15, 0.2) is 0 Å². The summed E-state index contributed by atoms with van der Waals surface area (Å²) in [5.74, 6) is 0. The van der Waals surface area contributed by atoms with Crippen molar-refractivity contribution in [3.63, 3.8) is 0 Å². The van der Waals surface area contributed by atoms with Crippen LogP contribution >= 0.6 is 0 Å². The van der Waals surface area contributed by atoms with Gasteiger partial charge in [-0.2, -0.15) is 0 Å². The average molecular weight is 602 g/mol. The van der Waals surface area contributed by atoms with E-state index in [1.165, 1.54) is 49.0 Å². The molecule has 0 atom stereocenters. The van der Waals surface area contributed by atoms with Gasteiger partial charge >= 0.3 is 0 Å². The largest absolute Gasteiger partial charge is 0.455 e. The van der Waals surface area contributed by atoms with E-state index in [1.807, 2.05) is 25.2 Å². The first-order valence-electron chi connectivity index (χ1n) is 16.1. The predicted octanol–water partition coefficient (Wildman–Crippen LogP) is 12.8. The minimum absolute atomic E-state index is 0.878. The van der Waals surface area contributed by atoms with Gasteiger partial charge in [-0.3, -0.25) is 0 Å². The molecule has 2 heterocycles. The first kappa shape index (κ1) is 27.2. The highest BCUT2D eigenvalue weighted by Crippen LogP contribution is 2.42. The minimum atomic E-state index is 0.878. The zero-order chi connectivity index (χ0) is 31.5. The van der Waals surface area contributed by atoms with Gasteiger partial charge < -0.3 is 8.98 Å². The van der Waals surface area contributed by atoms with Crippen LogP contribution in [0.15, 0.2) is 169 Å². The number of nitrogens with zero attached hydrogens (tertiary/aromatic N) is 1. The summed E-state index contributed by atoms with van der Waals surface area (Å²) in [5.41, 5.74) is 9.57. The Morgan fingerprint density at radius 1 is 0.596 bits per heavy atom. The summed E-state index contributed by atoms with van der Waals surface area (Å²) in [6, 6.07) is 48.2. The summed E-state index contributed by atoms with van der Waals surface area (Å²) in [6.45, 7) is 6.10. The van der Waals surface area contributed by atoms with Crippen LogP contribution in [0.4, 0.5) is 0 Å². The fourth-order valence-electron chi connectivity index (χ4n) is 7.36. The molecule has 0 spiro atoms. The van der Waals surface area contributed by atoms with Crippen LogP contribution < -0.4 is 0 Å². The second-order valence-electron chi connectivity index (χ2n) is 12.1. The Kier molecular flexibility index (Phi) is 6.22. The third-order valence-corrected chi connectivity index (χ3v) is 9.50. The molecule has 9 rings (SSSR count). The molecule has 0 saturated carbocycles. The topological polar surface area (TPSA) is 18.1 Å². The molecule has 47 heavy (non-hydrogen) atoms. The van der Waals surface area contributed by atoms with E-state index in [1.54, 1.807) is 0 Å². The van der Waals surface area contributed by atoms with E-state index in [2.05, 4.69) is 151 Å². The Balaban J connectivity index is 1.33. The zero-order valence-electron chi connectivity index (χ0n) is 26.1. The molecular formula is C45H31NO. The van der Waals surface area contributed by atoms with Crippen molar-refractivity contribution in [3.05, 3.63) is 170 Å². The van der Waals surface area contributed by atoms with E-state index in [0.717, 1.165) is 44.2 Å². The molecule has 0 fully saturated rings. The van der Waals surface area contributed by atoms with Crippen LogP contribution in [-0.2, 0) is 0 Å². The van der Waals surface area contributed by atoms with Crippen LogP contribution in [-0.4, -0.2) is 4.57 Å². The van der Waals surface area contributed by atoms with Crippen molar-refractivity contribution in [2.45, 2.75) is 6.92 Å². The molecule has 2 aromatic heterocycles. The molecular weight excluding hydrogens is 571 g/mol. The second-order valence-corrected chi connectivity index (χ2v) is 12.1. The van der Waals surface area contributed by atoms with Crippen LogP contribution in [0.5, 0.6) is 0 Å². The molecule has 0 aliphatic carbocycles. The summed E-state index contributed by atoms with van der Waals surface area (Å²) < 4.78 is 9.25. The van der Waals surface area contributed by atoms with Crippen molar-refractivity contribution in [2.75, 3.05) is 0 Å². The van der Waals surface area contributed by atoms with Crippen molar-refractivity contribution in [2.24, 2.45) is 0 Å². The third-order valence-electron chi connectivity index (χ3n) is 9.50. The van der Waals surface area contributed by atoms with Gasteiger partial charge in [0.2, 0.25) is 0 Å². The highest BCUT2D eigenvalue weighted by atomic mass is 16.3. The Labute approximate surface area is 272 Å². The lowest BCUT2D eigenvalue weighted by Crippen LogP contribution is -1.96. The number of rotatable bonds is 5.